The molecule has 104 valence electrons. The van der Waals surface area contributed by atoms with Gasteiger partial charge in [0.1, 0.15) is 11.6 Å². The minimum Gasteiger partial charge on any atom is -0.320 e. The van der Waals surface area contributed by atoms with E-state index in [0.717, 1.165) is 24.8 Å². The van der Waals surface area contributed by atoms with Gasteiger partial charge in [-0.25, -0.2) is 0 Å². The van der Waals surface area contributed by atoms with Crippen molar-refractivity contribution in [2.45, 2.75) is 6.92 Å². The number of aryl methyl sites for hydroxylation is 1. The molecule has 0 saturated carbocycles. The average Bonchev–Trinajstić information content (AvgIpc) is 3.09. The fraction of sp³-hybridized carbons (Fsp3) is 0.0667. The highest BCUT2D eigenvalue weighted by molar-refractivity contribution is 9.10. The van der Waals surface area contributed by atoms with Gasteiger partial charge in [-0.2, -0.15) is 5.26 Å². The van der Waals surface area contributed by atoms with Crippen LogP contribution in [-0.4, -0.2) is 4.98 Å². The van der Waals surface area contributed by atoms with E-state index in [9.17, 15) is 10.1 Å². The van der Waals surface area contributed by atoms with E-state index in [1.54, 1.807) is 22.7 Å². The van der Waals surface area contributed by atoms with Crippen LogP contribution in [0.25, 0.3) is 21.0 Å². The fourth-order valence-electron chi connectivity index (χ4n) is 2.02. The molecule has 3 aromatic rings. The van der Waals surface area contributed by atoms with Crippen LogP contribution in [0.5, 0.6) is 0 Å². The minimum absolute atomic E-state index is 0.157. The van der Waals surface area contributed by atoms with Crippen molar-refractivity contribution in [3.8, 4) is 27.1 Å². The number of aromatic nitrogens is 1. The molecule has 0 unspecified atom stereocenters. The van der Waals surface area contributed by atoms with Crippen LogP contribution in [0.2, 0.25) is 0 Å². The third-order valence-electron chi connectivity index (χ3n) is 3.05. The van der Waals surface area contributed by atoms with Gasteiger partial charge in [-0.3, -0.25) is 4.79 Å². The van der Waals surface area contributed by atoms with Gasteiger partial charge in [0.15, 0.2) is 0 Å². The number of nitrogens with one attached hydrogen (secondary N) is 1. The highest BCUT2D eigenvalue weighted by Crippen LogP contribution is 2.36. The summed E-state index contributed by atoms with van der Waals surface area (Å²) in [7, 11) is 0. The number of thiophene rings is 2. The molecule has 3 heterocycles. The van der Waals surface area contributed by atoms with Gasteiger partial charge in [0, 0.05) is 19.8 Å². The number of pyridine rings is 1. The quantitative estimate of drug-likeness (QED) is 0.699. The topological polar surface area (TPSA) is 56.6 Å². The Morgan fingerprint density at radius 2 is 2.14 bits per heavy atom. The van der Waals surface area contributed by atoms with Crippen LogP contribution in [0.3, 0.4) is 0 Å². The summed E-state index contributed by atoms with van der Waals surface area (Å²) >= 11 is 6.60. The van der Waals surface area contributed by atoms with Crippen molar-refractivity contribution in [1.29, 1.82) is 5.26 Å². The Morgan fingerprint density at radius 3 is 2.71 bits per heavy atom. The molecule has 0 atom stereocenters. The second-order valence-corrected chi connectivity index (χ2v) is 7.46. The van der Waals surface area contributed by atoms with Crippen molar-refractivity contribution in [2.24, 2.45) is 0 Å². The highest BCUT2D eigenvalue weighted by Gasteiger charge is 2.15. The zero-order chi connectivity index (χ0) is 15.0. The van der Waals surface area contributed by atoms with E-state index in [4.69, 9.17) is 0 Å². The molecule has 1 N–H and O–H groups in total. The molecular formula is C15H9BrN2OS2. The maximum absolute atomic E-state index is 12.2. The van der Waals surface area contributed by atoms with Gasteiger partial charge in [-0.1, -0.05) is 6.07 Å². The van der Waals surface area contributed by atoms with Crippen molar-refractivity contribution >= 4 is 38.6 Å². The number of nitriles is 1. The van der Waals surface area contributed by atoms with Crippen LogP contribution < -0.4 is 5.56 Å². The van der Waals surface area contributed by atoms with E-state index in [0.29, 0.717) is 5.56 Å². The van der Waals surface area contributed by atoms with Gasteiger partial charge in [0.25, 0.3) is 5.56 Å². The molecule has 3 nitrogen and oxygen atoms in total. The lowest BCUT2D eigenvalue weighted by Gasteiger charge is -2.04. The molecule has 0 aliphatic carbocycles. The second kappa shape index (κ2) is 5.60. The van der Waals surface area contributed by atoms with Crippen LogP contribution in [0.15, 0.2) is 38.9 Å². The van der Waals surface area contributed by atoms with E-state index >= 15 is 0 Å². The number of halogens is 1. The maximum Gasteiger partial charge on any atom is 0.267 e. The zero-order valence-electron chi connectivity index (χ0n) is 10.9. The van der Waals surface area contributed by atoms with E-state index in [-0.39, 0.29) is 11.1 Å². The van der Waals surface area contributed by atoms with Gasteiger partial charge in [-0.15, -0.1) is 22.7 Å². The molecule has 0 bridgehead atoms. The first-order chi connectivity index (χ1) is 10.1. The minimum atomic E-state index is -0.347. The van der Waals surface area contributed by atoms with E-state index in [2.05, 4.69) is 20.9 Å². The monoisotopic (exact) mass is 376 g/mol. The van der Waals surface area contributed by atoms with Crippen molar-refractivity contribution in [2.75, 3.05) is 0 Å². The maximum atomic E-state index is 12.2. The van der Waals surface area contributed by atoms with Crippen LogP contribution in [-0.2, 0) is 0 Å². The van der Waals surface area contributed by atoms with Gasteiger partial charge in [0.05, 0.1) is 10.6 Å². The average molecular weight is 377 g/mol. The Labute approximate surface area is 137 Å². The van der Waals surface area contributed by atoms with Crippen molar-refractivity contribution in [1.82, 2.24) is 4.98 Å². The predicted octanol–water partition coefficient (Wildman–Crippen LogP) is 4.77. The van der Waals surface area contributed by atoms with E-state index < -0.39 is 0 Å². The number of nitrogens with zero attached hydrogens (tertiary/aromatic N) is 1. The summed E-state index contributed by atoms with van der Waals surface area (Å²) in [5, 5.41) is 11.2. The number of hydrogen-bond acceptors (Lipinski definition) is 4. The summed E-state index contributed by atoms with van der Waals surface area (Å²) in [5.74, 6) is 0. The molecule has 0 aromatic carbocycles. The van der Waals surface area contributed by atoms with Crippen molar-refractivity contribution in [3.63, 3.8) is 0 Å². The molecule has 3 aromatic heterocycles. The molecular weight excluding hydrogens is 368 g/mol. The number of rotatable bonds is 2. The number of aromatic amines is 1. The largest absolute Gasteiger partial charge is 0.320 e. The molecule has 0 amide bonds. The van der Waals surface area contributed by atoms with E-state index in [1.165, 1.54) is 0 Å². The van der Waals surface area contributed by atoms with Crippen molar-refractivity contribution < 1.29 is 0 Å². The Hall–Kier alpha value is -1.68. The highest BCUT2D eigenvalue weighted by atomic mass is 79.9. The molecule has 0 saturated heterocycles. The molecule has 0 aliphatic heterocycles. The van der Waals surface area contributed by atoms with Crippen LogP contribution in [0.4, 0.5) is 0 Å². The van der Waals surface area contributed by atoms with Crippen LogP contribution in [0.1, 0.15) is 10.4 Å². The predicted molar refractivity (Wildman–Crippen MR) is 90.8 cm³/mol. The van der Waals surface area contributed by atoms with Crippen LogP contribution >= 0.6 is 38.6 Å². The molecule has 0 aliphatic rings. The first kappa shape index (κ1) is 14.3. The number of H-pyrrole nitrogens is 1. The van der Waals surface area contributed by atoms with Gasteiger partial charge in [0.2, 0.25) is 0 Å². The number of hydrogen-bond donors (Lipinski definition) is 1. The summed E-state index contributed by atoms with van der Waals surface area (Å²) in [6.45, 7) is 2.00. The first-order valence-electron chi connectivity index (χ1n) is 6.07. The van der Waals surface area contributed by atoms with Crippen LogP contribution in [0, 0.1) is 18.3 Å². The first-order valence-corrected chi connectivity index (χ1v) is 8.56. The summed E-state index contributed by atoms with van der Waals surface area (Å²) in [4.78, 5) is 18.0. The van der Waals surface area contributed by atoms with E-state index in [1.807, 2.05) is 42.6 Å². The van der Waals surface area contributed by atoms with Gasteiger partial charge >= 0.3 is 0 Å². The summed E-state index contributed by atoms with van der Waals surface area (Å²) in [6, 6.07) is 9.72. The summed E-state index contributed by atoms with van der Waals surface area (Å²) in [5.41, 5.74) is 1.24. The lowest BCUT2D eigenvalue weighted by Crippen LogP contribution is -2.12. The summed E-state index contributed by atoms with van der Waals surface area (Å²) in [6.07, 6.45) is 0. The molecule has 6 heteroatoms. The molecule has 0 radical (unpaired) electrons. The Morgan fingerprint density at radius 1 is 1.33 bits per heavy atom. The Bertz CT molecular complexity index is 881. The lowest BCUT2D eigenvalue weighted by atomic mass is 10.1. The SMILES string of the molecule is Cc1sc(-c2cc(-c3cccs3)[nH]c(=O)c2C#N)cc1Br. The zero-order valence-corrected chi connectivity index (χ0v) is 14.2. The smallest absolute Gasteiger partial charge is 0.267 e. The standard InChI is InChI=1S/C15H9BrN2OS2/c1-8-11(16)6-14(21-8)9-5-12(13-3-2-4-20-13)18-15(19)10(9)7-17/h2-6H,1H3,(H,18,19). The lowest BCUT2D eigenvalue weighted by molar-refractivity contribution is 1.23. The van der Waals surface area contributed by atoms with Gasteiger partial charge in [-0.05, 0) is 46.4 Å². The third kappa shape index (κ3) is 2.60. The van der Waals surface area contributed by atoms with Gasteiger partial charge < -0.3 is 4.98 Å². The Balaban J connectivity index is 2.28. The molecule has 21 heavy (non-hydrogen) atoms. The van der Waals surface area contributed by atoms with Crippen molar-refractivity contribution in [3.05, 3.63) is 54.9 Å². The molecule has 0 spiro atoms. The second-order valence-electron chi connectivity index (χ2n) is 4.40. The third-order valence-corrected chi connectivity index (χ3v) is 6.13. The Kier molecular flexibility index (Phi) is 3.81. The normalized spacial score (nSPS) is 10.5. The molecule has 0 fully saturated rings. The summed E-state index contributed by atoms with van der Waals surface area (Å²) < 4.78 is 0.990. The fourth-order valence-corrected chi connectivity index (χ4v) is 4.28. The molecule has 3 rings (SSSR count).